The molecular weight excluding hydrogens is 408 g/mol. The lowest BCUT2D eigenvalue weighted by Gasteiger charge is -2.15. The Kier molecular flexibility index (Phi) is 26.7. The van der Waals surface area contributed by atoms with Crippen LogP contribution < -0.4 is 0 Å². The molecule has 1 radical (unpaired) electrons. The lowest BCUT2D eigenvalue weighted by atomic mass is 10.0. The van der Waals surface area contributed by atoms with E-state index in [-0.39, 0.29) is 18.5 Å². The van der Waals surface area contributed by atoms with Gasteiger partial charge in [0.25, 0.3) is 0 Å². The Morgan fingerprint density at radius 1 is 0.576 bits per heavy atom. The van der Waals surface area contributed by atoms with Crippen molar-refractivity contribution in [2.45, 2.75) is 180 Å². The fraction of sp³-hybridized carbons (Fsp3) is 0.933. The number of unbranched alkanes of at least 4 members (excludes halogenated alkanes) is 20. The van der Waals surface area contributed by atoms with Crippen LogP contribution in [0.3, 0.4) is 0 Å². The van der Waals surface area contributed by atoms with Crippen LogP contribution in [-0.2, 0) is 14.3 Å². The van der Waals surface area contributed by atoms with Crippen molar-refractivity contribution in [1.29, 1.82) is 0 Å². The highest BCUT2D eigenvalue weighted by Crippen LogP contribution is 2.16. The largest absolute Gasteiger partial charge is 0.462 e. The van der Waals surface area contributed by atoms with E-state index in [0.29, 0.717) is 6.42 Å². The Morgan fingerprint density at radius 2 is 0.939 bits per heavy atom. The Bertz CT molecular complexity index is 407. The fourth-order valence-electron chi connectivity index (χ4n) is 4.51. The third-order valence-electron chi connectivity index (χ3n) is 6.72. The van der Waals surface area contributed by atoms with Crippen LogP contribution in [0.5, 0.6) is 0 Å². The topological polar surface area (TPSA) is 43.4 Å². The number of carbonyl (C=O) groups excluding carboxylic acids is 2. The molecule has 0 aliphatic carbocycles. The van der Waals surface area contributed by atoms with E-state index in [0.717, 1.165) is 25.7 Å². The molecule has 0 heterocycles. The second kappa shape index (κ2) is 27.4. The molecule has 0 aromatic heterocycles. The number of hydrogen-bond donors (Lipinski definition) is 0. The molecule has 3 nitrogen and oxygen atoms in total. The summed E-state index contributed by atoms with van der Waals surface area (Å²) in [4.78, 5) is 23.0. The van der Waals surface area contributed by atoms with Crippen molar-refractivity contribution in [2.24, 2.45) is 0 Å². The Morgan fingerprint density at radius 3 is 1.33 bits per heavy atom. The predicted molar refractivity (Wildman–Crippen MR) is 142 cm³/mol. The van der Waals surface area contributed by atoms with Gasteiger partial charge in [-0.2, -0.15) is 0 Å². The van der Waals surface area contributed by atoms with E-state index in [2.05, 4.69) is 13.8 Å². The van der Waals surface area contributed by atoms with Gasteiger partial charge in [0, 0.05) is 6.42 Å². The van der Waals surface area contributed by atoms with Gasteiger partial charge in [0.05, 0.1) is 6.42 Å². The second-order valence-electron chi connectivity index (χ2n) is 10.1. The van der Waals surface area contributed by atoms with Crippen molar-refractivity contribution in [3.05, 3.63) is 0 Å². The van der Waals surface area contributed by atoms with Crippen molar-refractivity contribution in [2.75, 3.05) is 0 Å². The third kappa shape index (κ3) is 25.6. The summed E-state index contributed by atoms with van der Waals surface area (Å²) in [6.07, 6.45) is 31.6. The first-order valence-electron chi connectivity index (χ1n) is 14.8. The maximum atomic E-state index is 12.1. The summed E-state index contributed by atoms with van der Waals surface area (Å²) >= 11 is 0. The molecule has 0 amide bonds. The molecule has 0 aliphatic rings. The monoisotopic (exact) mass is 465 g/mol. The molecule has 0 rings (SSSR count). The Labute approximate surface area is 207 Å². The molecule has 0 aromatic rings. The van der Waals surface area contributed by atoms with Crippen LogP contribution in [0.15, 0.2) is 0 Å². The van der Waals surface area contributed by atoms with E-state index < -0.39 is 0 Å². The van der Waals surface area contributed by atoms with Crippen LogP contribution >= 0.6 is 0 Å². The Hall–Kier alpha value is -0.860. The Balaban J connectivity index is 3.54. The molecular formula is C30H57O3. The highest BCUT2D eigenvalue weighted by Gasteiger charge is 2.14. The van der Waals surface area contributed by atoms with E-state index in [1.165, 1.54) is 122 Å². The first kappa shape index (κ1) is 32.1. The predicted octanol–water partition coefficient (Wildman–Crippen LogP) is 9.80. The first-order valence-corrected chi connectivity index (χ1v) is 14.8. The number of esters is 1. The average Bonchev–Trinajstić information content (AvgIpc) is 2.81. The highest BCUT2D eigenvalue weighted by atomic mass is 16.5. The zero-order chi connectivity index (χ0) is 24.2. The summed E-state index contributed by atoms with van der Waals surface area (Å²) in [5, 5.41) is 0. The summed E-state index contributed by atoms with van der Waals surface area (Å²) in [7, 11) is 0. The molecule has 0 saturated heterocycles. The SMILES string of the molecule is CCCCCCCCCCCCCCCC(=O)OC(C[C]=O)CCCCCCCCCCC. The number of ether oxygens (including phenoxy) is 1. The van der Waals surface area contributed by atoms with E-state index >= 15 is 0 Å². The smallest absolute Gasteiger partial charge is 0.306 e. The molecule has 0 aliphatic heterocycles. The standard InChI is InChI=1S/C30H57O3/c1-3-5-7-9-11-13-14-15-16-18-20-22-24-26-30(32)33-29(27-28-31)25-23-21-19-17-12-10-8-6-4-2/h29H,3-27H2,1-2H3. The minimum Gasteiger partial charge on any atom is -0.462 e. The molecule has 0 saturated carbocycles. The van der Waals surface area contributed by atoms with Gasteiger partial charge in [-0.15, -0.1) is 0 Å². The minimum absolute atomic E-state index is 0.130. The fourth-order valence-corrected chi connectivity index (χ4v) is 4.51. The molecule has 1 atom stereocenters. The molecule has 0 aromatic carbocycles. The summed E-state index contributed by atoms with van der Waals surface area (Å²) in [6, 6.07) is 0. The van der Waals surface area contributed by atoms with Crippen LogP contribution in [0.2, 0.25) is 0 Å². The van der Waals surface area contributed by atoms with Crippen LogP contribution in [0, 0.1) is 0 Å². The van der Waals surface area contributed by atoms with Crippen LogP contribution in [0.25, 0.3) is 0 Å². The molecule has 0 spiro atoms. The molecule has 3 heteroatoms. The number of rotatable bonds is 27. The zero-order valence-electron chi connectivity index (χ0n) is 22.5. The summed E-state index contributed by atoms with van der Waals surface area (Å²) < 4.78 is 5.57. The van der Waals surface area contributed by atoms with Crippen molar-refractivity contribution < 1.29 is 14.3 Å². The van der Waals surface area contributed by atoms with E-state index in [9.17, 15) is 9.59 Å². The van der Waals surface area contributed by atoms with Crippen molar-refractivity contribution in [3.8, 4) is 0 Å². The third-order valence-corrected chi connectivity index (χ3v) is 6.72. The molecule has 33 heavy (non-hydrogen) atoms. The second-order valence-corrected chi connectivity index (χ2v) is 10.1. The number of carbonyl (C=O) groups is 1. The van der Waals surface area contributed by atoms with Crippen molar-refractivity contribution in [3.63, 3.8) is 0 Å². The van der Waals surface area contributed by atoms with Crippen molar-refractivity contribution in [1.82, 2.24) is 0 Å². The van der Waals surface area contributed by atoms with Gasteiger partial charge >= 0.3 is 5.97 Å². The summed E-state index contributed by atoms with van der Waals surface area (Å²) in [6.45, 7) is 4.52. The van der Waals surface area contributed by atoms with E-state index in [1.807, 2.05) is 6.29 Å². The minimum atomic E-state index is -0.262. The normalized spacial score (nSPS) is 12.1. The molecule has 195 valence electrons. The first-order chi connectivity index (χ1) is 16.2. The van der Waals surface area contributed by atoms with Gasteiger partial charge in [0.15, 0.2) is 0 Å². The van der Waals surface area contributed by atoms with Gasteiger partial charge in [-0.05, 0) is 19.3 Å². The highest BCUT2D eigenvalue weighted by molar-refractivity contribution is 5.69. The molecule has 0 fully saturated rings. The van der Waals surface area contributed by atoms with Crippen LogP contribution in [-0.4, -0.2) is 18.4 Å². The van der Waals surface area contributed by atoms with Gasteiger partial charge in [-0.25, -0.2) is 0 Å². The lowest BCUT2D eigenvalue weighted by Crippen LogP contribution is -2.18. The maximum absolute atomic E-state index is 12.1. The van der Waals surface area contributed by atoms with Gasteiger partial charge in [-0.3, -0.25) is 9.59 Å². The summed E-state index contributed by atoms with van der Waals surface area (Å²) in [5.74, 6) is -0.130. The number of hydrogen-bond acceptors (Lipinski definition) is 3. The van der Waals surface area contributed by atoms with Gasteiger partial charge in [0.1, 0.15) is 6.10 Å². The quantitative estimate of drug-likeness (QED) is 0.0895. The van der Waals surface area contributed by atoms with Crippen LogP contribution in [0.4, 0.5) is 0 Å². The van der Waals surface area contributed by atoms with Gasteiger partial charge in [-0.1, -0.05) is 142 Å². The maximum Gasteiger partial charge on any atom is 0.306 e. The lowest BCUT2D eigenvalue weighted by molar-refractivity contribution is -0.149. The zero-order valence-corrected chi connectivity index (χ0v) is 22.5. The van der Waals surface area contributed by atoms with E-state index in [1.54, 1.807) is 0 Å². The van der Waals surface area contributed by atoms with Gasteiger partial charge in [0.2, 0.25) is 6.29 Å². The van der Waals surface area contributed by atoms with E-state index in [4.69, 9.17) is 4.74 Å². The summed E-state index contributed by atoms with van der Waals surface area (Å²) in [5.41, 5.74) is 0. The molecule has 1 unspecified atom stereocenters. The van der Waals surface area contributed by atoms with Crippen molar-refractivity contribution >= 4 is 12.3 Å². The van der Waals surface area contributed by atoms with Crippen LogP contribution in [0.1, 0.15) is 174 Å². The average molecular weight is 466 g/mol. The molecule has 0 N–H and O–H groups in total. The van der Waals surface area contributed by atoms with Gasteiger partial charge < -0.3 is 4.74 Å². The molecule has 0 bridgehead atoms.